The zero-order valence-electron chi connectivity index (χ0n) is 45.4. The molecule has 0 spiro atoms. The van der Waals surface area contributed by atoms with Gasteiger partial charge < -0.3 is 49.9 Å². The lowest BCUT2D eigenvalue weighted by atomic mass is 10.0. The number of nitrogens with one attached hydrogen (secondary N) is 3. The van der Waals surface area contributed by atoms with Gasteiger partial charge in [-0.15, -0.1) is 0 Å². The fraction of sp³-hybridized carbons (Fsp3) is 0.414. The number of alkyl halides is 3. The van der Waals surface area contributed by atoms with E-state index in [2.05, 4.69) is 27.0 Å². The topological polar surface area (TPSA) is 226 Å². The SMILES string of the molecule is CC(C)Oc1ccc(C(=O)NC(CCO)Cc2ccc(-c3cn(C)c(C(C)(C)O)n3)cc2)cc1C#N.CCC(NC(C)=O)c1nc(-c2ccc(CC(CCO)NC(=O)c3ccc(OC(C)C(F)(F)F)c(Cl)c3)cc2)cn1CC. The largest absolute Gasteiger partial charge is 0.490 e. The molecule has 0 saturated carbocycles. The molecule has 4 atom stereocenters. The van der Waals surface area contributed by atoms with Gasteiger partial charge in [-0.1, -0.05) is 67.1 Å². The van der Waals surface area contributed by atoms with Crippen LogP contribution < -0.4 is 25.4 Å². The lowest BCUT2D eigenvalue weighted by molar-refractivity contribution is -0.189. The Kier molecular flexibility index (Phi) is 22.0. The number of aromatic nitrogens is 4. The zero-order chi connectivity index (χ0) is 57.5. The Morgan fingerprint density at radius 2 is 1.27 bits per heavy atom. The molecule has 16 nitrogen and oxygen atoms in total. The maximum absolute atomic E-state index is 12.9. The molecule has 0 aliphatic carbocycles. The van der Waals surface area contributed by atoms with Crippen molar-refractivity contribution in [1.29, 1.82) is 5.26 Å². The van der Waals surface area contributed by atoms with Gasteiger partial charge in [0.2, 0.25) is 5.91 Å². The van der Waals surface area contributed by atoms with E-state index >= 15 is 0 Å². The first kappa shape index (κ1) is 61.6. The van der Waals surface area contributed by atoms with Crippen molar-refractivity contribution in [2.45, 2.75) is 136 Å². The van der Waals surface area contributed by atoms with Crippen LogP contribution in [0.3, 0.4) is 0 Å². The molecule has 2 heterocycles. The molecule has 0 saturated heterocycles. The molecule has 3 amide bonds. The summed E-state index contributed by atoms with van der Waals surface area (Å²) in [5.41, 5.74) is 5.03. The van der Waals surface area contributed by atoms with Crippen LogP contribution >= 0.6 is 11.6 Å². The molecule has 2 aromatic heterocycles. The summed E-state index contributed by atoms with van der Waals surface area (Å²) in [6, 6.07) is 25.3. The Morgan fingerprint density at radius 3 is 1.69 bits per heavy atom. The number of imidazole rings is 2. The quantitative estimate of drug-likeness (QED) is 0.0354. The molecular formula is C58H70ClF3N8O8. The molecule has 6 aromatic rings. The lowest BCUT2D eigenvalue weighted by Crippen LogP contribution is -2.37. The van der Waals surface area contributed by atoms with Crippen LogP contribution in [0.2, 0.25) is 5.02 Å². The molecule has 0 fully saturated rings. The number of aliphatic hydroxyl groups excluding tert-OH is 2. The van der Waals surface area contributed by atoms with Gasteiger partial charge in [-0.25, -0.2) is 9.97 Å². The fourth-order valence-corrected chi connectivity index (χ4v) is 8.70. The molecule has 4 unspecified atom stereocenters. The molecule has 0 radical (unpaired) electrons. The molecule has 6 rings (SSSR count). The first-order valence-electron chi connectivity index (χ1n) is 25.7. The highest BCUT2D eigenvalue weighted by molar-refractivity contribution is 6.32. The lowest BCUT2D eigenvalue weighted by Gasteiger charge is -2.20. The number of nitriles is 1. The van der Waals surface area contributed by atoms with E-state index in [9.17, 15) is 48.1 Å². The molecular weight excluding hydrogens is 1030 g/mol. The highest BCUT2D eigenvalue weighted by Gasteiger charge is 2.38. The van der Waals surface area contributed by atoms with Gasteiger partial charge in [-0.2, -0.15) is 18.4 Å². The number of hydrogen-bond donors (Lipinski definition) is 6. The van der Waals surface area contributed by atoms with Gasteiger partial charge in [0.15, 0.2) is 6.10 Å². The van der Waals surface area contributed by atoms with Gasteiger partial charge in [-0.3, -0.25) is 14.4 Å². The molecule has 0 aliphatic heterocycles. The number of aliphatic hydroxyl groups is 3. The third kappa shape index (κ3) is 17.4. The average molecular weight is 1100 g/mol. The van der Waals surface area contributed by atoms with E-state index in [1.165, 1.54) is 31.2 Å². The van der Waals surface area contributed by atoms with E-state index in [-0.39, 0.29) is 66.0 Å². The summed E-state index contributed by atoms with van der Waals surface area (Å²) in [6.07, 6.45) is -0.522. The average Bonchev–Trinajstić information content (AvgIpc) is 4.01. The number of benzene rings is 4. The number of nitrogens with zero attached hydrogens (tertiary/aromatic N) is 5. The second-order valence-corrected chi connectivity index (χ2v) is 20.1. The second-order valence-electron chi connectivity index (χ2n) is 19.7. The standard InChI is InChI=1S/C30H36ClF3N4O4.C28H34N4O4/c1-5-25(35-19(4)40)28-37-26(17-38(28)6-2)21-9-7-20(8-10-21)15-23(13-14-39)36-29(41)22-11-12-27(24(31)16-22)42-18(3)30(32,33)34;1-18(2)36-25-11-10-21(15-22(25)16-29)26(34)30-23(12-13-33)14-19-6-8-20(9-7-19)24-17-32(5)27(31-24)28(3,4)35/h7-12,16-18,23,25,39H,5-6,13-15H2,1-4H3,(H,35,40)(H,36,41);6-11,15,17-18,23,33,35H,12-14H2,1-5H3,(H,30,34). The number of halogens is 4. The maximum Gasteiger partial charge on any atom is 0.425 e. The van der Waals surface area contributed by atoms with E-state index in [1.54, 1.807) is 26.0 Å². The van der Waals surface area contributed by atoms with Crippen molar-refractivity contribution >= 4 is 29.3 Å². The van der Waals surface area contributed by atoms with Crippen molar-refractivity contribution in [3.63, 3.8) is 0 Å². The first-order chi connectivity index (χ1) is 36.9. The molecule has 78 heavy (non-hydrogen) atoms. The molecule has 20 heteroatoms. The molecule has 0 bridgehead atoms. The summed E-state index contributed by atoms with van der Waals surface area (Å²) in [6.45, 7) is 14.0. The predicted octanol–water partition coefficient (Wildman–Crippen LogP) is 9.56. The van der Waals surface area contributed by atoms with Crippen LogP contribution in [0.5, 0.6) is 11.5 Å². The minimum absolute atomic E-state index is 0.0682. The Labute approximate surface area is 458 Å². The third-order valence-electron chi connectivity index (χ3n) is 12.4. The number of ether oxygens (including phenoxy) is 2. The summed E-state index contributed by atoms with van der Waals surface area (Å²) in [5, 5.41) is 47.5. The number of amides is 3. The van der Waals surface area contributed by atoms with Gasteiger partial charge >= 0.3 is 6.18 Å². The Balaban J connectivity index is 0.000000291. The van der Waals surface area contributed by atoms with Gasteiger partial charge in [0.1, 0.15) is 34.8 Å². The Morgan fingerprint density at radius 1 is 0.756 bits per heavy atom. The predicted molar refractivity (Wildman–Crippen MR) is 292 cm³/mol. The zero-order valence-corrected chi connectivity index (χ0v) is 46.2. The van der Waals surface area contributed by atoms with Crippen LogP contribution in [0.25, 0.3) is 22.5 Å². The van der Waals surface area contributed by atoms with Crippen molar-refractivity contribution < 1.29 is 52.3 Å². The Bertz CT molecular complexity index is 3000. The number of aryl methyl sites for hydroxylation is 2. The number of carbonyl (C=O) groups excluding carboxylic acids is 3. The minimum Gasteiger partial charge on any atom is -0.490 e. The minimum atomic E-state index is -4.55. The maximum atomic E-state index is 12.9. The number of hydrogen-bond acceptors (Lipinski definition) is 11. The van der Waals surface area contributed by atoms with Crippen LogP contribution in [0.1, 0.15) is 130 Å². The van der Waals surface area contributed by atoms with Crippen molar-refractivity contribution in [3.05, 3.63) is 142 Å². The van der Waals surface area contributed by atoms with Crippen LogP contribution in [-0.2, 0) is 36.8 Å². The molecule has 6 N–H and O–H groups in total. The molecule has 4 aromatic carbocycles. The summed E-state index contributed by atoms with van der Waals surface area (Å²) in [5.74, 6) is 0.715. The van der Waals surface area contributed by atoms with Crippen molar-refractivity contribution in [3.8, 4) is 40.1 Å². The summed E-state index contributed by atoms with van der Waals surface area (Å²) < 4.78 is 52.8. The van der Waals surface area contributed by atoms with Gasteiger partial charge in [0.25, 0.3) is 11.8 Å². The van der Waals surface area contributed by atoms with Crippen LogP contribution in [0.4, 0.5) is 13.2 Å². The van der Waals surface area contributed by atoms with Crippen LogP contribution in [0.15, 0.2) is 97.3 Å². The number of carbonyl (C=O) groups is 3. The fourth-order valence-electron chi connectivity index (χ4n) is 8.47. The summed E-state index contributed by atoms with van der Waals surface area (Å²) in [4.78, 5) is 46.8. The molecule has 0 aliphatic rings. The van der Waals surface area contributed by atoms with E-state index in [4.69, 9.17) is 26.1 Å². The first-order valence-corrected chi connectivity index (χ1v) is 26.1. The summed E-state index contributed by atoms with van der Waals surface area (Å²) in [7, 11) is 1.85. The third-order valence-corrected chi connectivity index (χ3v) is 12.7. The van der Waals surface area contributed by atoms with Crippen LogP contribution in [0, 0.1) is 11.3 Å². The van der Waals surface area contributed by atoms with E-state index in [0.717, 1.165) is 46.4 Å². The second kappa shape index (κ2) is 27.9. The highest BCUT2D eigenvalue weighted by Crippen LogP contribution is 2.32. The van der Waals surface area contributed by atoms with Crippen molar-refractivity contribution in [2.24, 2.45) is 7.05 Å². The van der Waals surface area contributed by atoms with Crippen LogP contribution in [-0.4, -0.2) is 95.8 Å². The smallest absolute Gasteiger partial charge is 0.425 e. The number of rotatable bonds is 23. The highest BCUT2D eigenvalue weighted by atomic mass is 35.5. The Hall–Kier alpha value is -7.24. The normalized spacial score (nSPS) is 13.1. The van der Waals surface area contributed by atoms with E-state index < -0.39 is 29.8 Å². The van der Waals surface area contributed by atoms with E-state index in [1.807, 2.05) is 105 Å². The van der Waals surface area contributed by atoms with Gasteiger partial charge in [0.05, 0.1) is 34.1 Å². The van der Waals surface area contributed by atoms with Crippen molar-refractivity contribution in [1.82, 2.24) is 35.1 Å². The van der Waals surface area contributed by atoms with E-state index in [0.29, 0.717) is 54.9 Å². The monoisotopic (exact) mass is 1100 g/mol. The van der Waals surface area contributed by atoms with Gasteiger partial charge in [0, 0.05) is 80.5 Å². The molecule has 418 valence electrons. The van der Waals surface area contributed by atoms with Crippen molar-refractivity contribution in [2.75, 3.05) is 13.2 Å². The van der Waals surface area contributed by atoms with Gasteiger partial charge in [-0.05, 0) is 121 Å². The summed E-state index contributed by atoms with van der Waals surface area (Å²) >= 11 is 6.09.